The first-order valence-electron chi connectivity index (χ1n) is 4.87. The molecule has 0 unspecified atom stereocenters. The Bertz CT molecular complexity index is 320. The zero-order valence-corrected chi connectivity index (χ0v) is 9.56. The second-order valence-electron chi connectivity index (χ2n) is 3.32. The molecule has 0 aromatic heterocycles. The van der Waals surface area contributed by atoms with E-state index in [2.05, 4.69) is 6.58 Å². The molecule has 0 atom stereocenters. The SMILES string of the molecule is C=CCN(CCO)C(=O)/C(C)=C(\C)C(=O)O. The standard InChI is InChI=1S/C11H17NO4/c1-4-5-12(6-7-13)10(14)8(2)9(3)11(15)16/h4,13H,1,5-7H2,2-3H3,(H,15,16)/b9-8+. The van der Waals surface area contributed by atoms with Gasteiger partial charge in [-0.15, -0.1) is 6.58 Å². The lowest BCUT2D eigenvalue weighted by Gasteiger charge is -2.20. The molecule has 0 bridgehead atoms. The molecule has 0 fully saturated rings. The second-order valence-corrected chi connectivity index (χ2v) is 3.32. The van der Waals surface area contributed by atoms with Gasteiger partial charge in [-0.3, -0.25) is 4.79 Å². The Labute approximate surface area is 94.7 Å². The highest BCUT2D eigenvalue weighted by Gasteiger charge is 2.17. The summed E-state index contributed by atoms with van der Waals surface area (Å²) >= 11 is 0. The van der Waals surface area contributed by atoms with Gasteiger partial charge in [0.2, 0.25) is 5.91 Å². The molecular formula is C11H17NO4. The van der Waals surface area contributed by atoms with E-state index >= 15 is 0 Å². The van der Waals surface area contributed by atoms with Crippen LogP contribution in [0.25, 0.3) is 0 Å². The van der Waals surface area contributed by atoms with Gasteiger partial charge in [0.1, 0.15) is 0 Å². The van der Waals surface area contributed by atoms with E-state index in [0.29, 0.717) is 0 Å². The monoisotopic (exact) mass is 227 g/mol. The van der Waals surface area contributed by atoms with Crippen molar-refractivity contribution in [1.29, 1.82) is 0 Å². The summed E-state index contributed by atoms with van der Waals surface area (Å²) in [6.07, 6.45) is 1.52. The Hall–Kier alpha value is -1.62. The predicted octanol–water partition coefficient (Wildman–Crippen LogP) is 0.414. The van der Waals surface area contributed by atoms with Crippen LogP contribution in [-0.2, 0) is 9.59 Å². The first-order chi connectivity index (χ1) is 7.45. The van der Waals surface area contributed by atoms with E-state index < -0.39 is 11.9 Å². The average molecular weight is 227 g/mol. The van der Waals surface area contributed by atoms with Crippen molar-refractivity contribution in [2.75, 3.05) is 19.7 Å². The smallest absolute Gasteiger partial charge is 0.331 e. The Balaban J connectivity index is 4.92. The van der Waals surface area contributed by atoms with Gasteiger partial charge in [0.15, 0.2) is 0 Å². The van der Waals surface area contributed by atoms with Crippen LogP contribution in [0, 0.1) is 0 Å². The van der Waals surface area contributed by atoms with Gasteiger partial charge in [0.25, 0.3) is 0 Å². The van der Waals surface area contributed by atoms with Crippen molar-refractivity contribution < 1.29 is 19.8 Å². The third kappa shape index (κ3) is 3.86. The number of amides is 1. The highest BCUT2D eigenvalue weighted by molar-refractivity contribution is 6.01. The van der Waals surface area contributed by atoms with Crippen LogP contribution in [0.2, 0.25) is 0 Å². The van der Waals surface area contributed by atoms with Crippen LogP contribution in [0.3, 0.4) is 0 Å². The van der Waals surface area contributed by atoms with Crippen LogP contribution in [-0.4, -0.2) is 46.7 Å². The predicted molar refractivity (Wildman–Crippen MR) is 59.9 cm³/mol. The summed E-state index contributed by atoms with van der Waals surface area (Å²) in [7, 11) is 0. The number of rotatable bonds is 6. The zero-order valence-electron chi connectivity index (χ0n) is 9.56. The lowest BCUT2D eigenvalue weighted by molar-refractivity contribution is -0.133. The normalized spacial score (nSPS) is 11.7. The molecule has 16 heavy (non-hydrogen) atoms. The summed E-state index contributed by atoms with van der Waals surface area (Å²) in [5.74, 6) is -1.51. The van der Waals surface area contributed by atoms with Gasteiger partial charge >= 0.3 is 5.97 Å². The van der Waals surface area contributed by atoms with Gasteiger partial charge in [0, 0.05) is 24.2 Å². The molecule has 5 nitrogen and oxygen atoms in total. The molecule has 0 aromatic carbocycles. The first kappa shape index (κ1) is 14.4. The molecule has 0 aliphatic heterocycles. The second kappa shape index (κ2) is 6.79. The highest BCUT2D eigenvalue weighted by Crippen LogP contribution is 2.08. The van der Waals surface area contributed by atoms with Gasteiger partial charge in [-0.25, -0.2) is 4.79 Å². The minimum atomic E-state index is -1.12. The molecule has 0 radical (unpaired) electrons. The van der Waals surface area contributed by atoms with Gasteiger partial charge in [0.05, 0.1) is 6.61 Å². The summed E-state index contributed by atoms with van der Waals surface area (Å²) in [5, 5.41) is 17.5. The number of nitrogens with zero attached hydrogens (tertiary/aromatic N) is 1. The highest BCUT2D eigenvalue weighted by atomic mass is 16.4. The molecule has 0 saturated carbocycles. The Morgan fingerprint density at radius 3 is 2.25 bits per heavy atom. The van der Waals surface area contributed by atoms with Crippen LogP contribution in [0.1, 0.15) is 13.8 Å². The molecule has 90 valence electrons. The van der Waals surface area contributed by atoms with E-state index in [1.54, 1.807) is 0 Å². The third-order valence-corrected chi connectivity index (χ3v) is 2.21. The van der Waals surface area contributed by atoms with Gasteiger partial charge in [-0.2, -0.15) is 0 Å². The number of hydrogen-bond donors (Lipinski definition) is 2. The molecule has 0 rings (SSSR count). The van der Waals surface area contributed by atoms with E-state index in [0.717, 1.165) is 0 Å². The number of carboxylic acid groups (broad SMARTS) is 1. The molecular weight excluding hydrogens is 210 g/mol. The van der Waals surface area contributed by atoms with Crippen molar-refractivity contribution in [3.8, 4) is 0 Å². The minimum absolute atomic E-state index is 0.0111. The van der Waals surface area contributed by atoms with E-state index in [9.17, 15) is 9.59 Å². The summed E-state index contributed by atoms with van der Waals surface area (Å²) < 4.78 is 0. The number of aliphatic hydroxyl groups is 1. The van der Waals surface area contributed by atoms with E-state index in [-0.39, 0.29) is 30.8 Å². The number of carbonyl (C=O) groups excluding carboxylic acids is 1. The molecule has 5 heteroatoms. The van der Waals surface area contributed by atoms with E-state index in [1.807, 2.05) is 0 Å². The van der Waals surface area contributed by atoms with Crippen molar-refractivity contribution in [2.45, 2.75) is 13.8 Å². The molecule has 0 aromatic rings. The van der Waals surface area contributed by atoms with Gasteiger partial charge in [-0.1, -0.05) is 6.08 Å². The molecule has 1 amide bonds. The Morgan fingerprint density at radius 2 is 1.88 bits per heavy atom. The van der Waals surface area contributed by atoms with Crippen molar-refractivity contribution in [2.24, 2.45) is 0 Å². The molecule has 0 spiro atoms. The number of hydrogen-bond acceptors (Lipinski definition) is 3. The van der Waals surface area contributed by atoms with Crippen molar-refractivity contribution in [1.82, 2.24) is 4.90 Å². The number of carboxylic acids is 1. The molecule has 2 N–H and O–H groups in total. The number of aliphatic carboxylic acids is 1. The van der Waals surface area contributed by atoms with Crippen LogP contribution in [0.15, 0.2) is 23.8 Å². The maximum Gasteiger partial charge on any atom is 0.331 e. The van der Waals surface area contributed by atoms with Crippen LogP contribution in [0.5, 0.6) is 0 Å². The molecule has 0 saturated heterocycles. The minimum Gasteiger partial charge on any atom is -0.478 e. The topological polar surface area (TPSA) is 77.8 Å². The van der Waals surface area contributed by atoms with Gasteiger partial charge in [-0.05, 0) is 13.8 Å². The number of aliphatic hydroxyl groups excluding tert-OH is 1. The fraction of sp³-hybridized carbons (Fsp3) is 0.455. The zero-order chi connectivity index (χ0) is 12.7. The largest absolute Gasteiger partial charge is 0.478 e. The van der Waals surface area contributed by atoms with Crippen LogP contribution in [0.4, 0.5) is 0 Å². The van der Waals surface area contributed by atoms with E-state index in [1.165, 1.54) is 24.8 Å². The van der Waals surface area contributed by atoms with Crippen molar-refractivity contribution in [3.05, 3.63) is 23.8 Å². The van der Waals surface area contributed by atoms with Crippen LogP contribution < -0.4 is 0 Å². The van der Waals surface area contributed by atoms with Gasteiger partial charge < -0.3 is 15.1 Å². The summed E-state index contributed by atoms with van der Waals surface area (Å²) in [6, 6.07) is 0. The van der Waals surface area contributed by atoms with Crippen molar-refractivity contribution in [3.63, 3.8) is 0 Å². The first-order valence-corrected chi connectivity index (χ1v) is 4.87. The van der Waals surface area contributed by atoms with E-state index in [4.69, 9.17) is 10.2 Å². The quantitative estimate of drug-likeness (QED) is 0.509. The molecule has 0 heterocycles. The summed E-state index contributed by atoms with van der Waals surface area (Å²) in [5.41, 5.74) is 0.180. The fourth-order valence-corrected chi connectivity index (χ4v) is 1.11. The summed E-state index contributed by atoms with van der Waals surface area (Å²) in [6.45, 7) is 6.61. The summed E-state index contributed by atoms with van der Waals surface area (Å²) in [4.78, 5) is 23.8. The number of carbonyl (C=O) groups is 2. The average Bonchev–Trinajstić information content (AvgIpc) is 2.25. The van der Waals surface area contributed by atoms with Crippen LogP contribution >= 0.6 is 0 Å². The fourth-order valence-electron chi connectivity index (χ4n) is 1.11. The third-order valence-electron chi connectivity index (χ3n) is 2.21. The molecule has 0 aliphatic carbocycles. The maximum atomic E-state index is 11.8. The van der Waals surface area contributed by atoms with Crippen molar-refractivity contribution >= 4 is 11.9 Å². The lowest BCUT2D eigenvalue weighted by Crippen LogP contribution is -2.34. The lowest BCUT2D eigenvalue weighted by atomic mass is 10.1. The maximum absolute atomic E-state index is 11.8. The Kier molecular flexibility index (Phi) is 6.10. The Morgan fingerprint density at radius 1 is 1.31 bits per heavy atom. The molecule has 0 aliphatic rings.